The van der Waals surface area contributed by atoms with Gasteiger partial charge in [-0.2, -0.15) is 0 Å². The van der Waals surface area contributed by atoms with Gasteiger partial charge < -0.3 is 10.2 Å². The average molecular weight is 502 g/mol. The van der Waals surface area contributed by atoms with E-state index in [1.54, 1.807) is 13.0 Å². The summed E-state index contributed by atoms with van der Waals surface area (Å²) in [4.78, 5) is 6.87. The van der Waals surface area contributed by atoms with Crippen molar-refractivity contribution in [3.05, 3.63) is 72.4 Å². The number of nitrogens with zero attached hydrogens (tertiary/aromatic N) is 2. The smallest absolute Gasteiger partial charge is 0.126 e. The Bertz CT molecular complexity index is 815. The van der Waals surface area contributed by atoms with Crippen molar-refractivity contribution < 1.29 is 4.39 Å². The van der Waals surface area contributed by atoms with E-state index in [0.717, 1.165) is 36.2 Å². The summed E-state index contributed by atoms with van der Waals surface area (Å²) in [6.45, 7) is 29.5. The van der Waals surface area contributed by atoms with Crippen LogP contribution in [0.1, 0.15) is 79.4 Å². The number of nitrogens with one attached hydrogen (secondary N) is 1. The molecule has 1 aliphatic heterocycles. The molecule has 1 heterocycles. The molecule has 0 radical (unpaired) electrons. The molecule has 36 heavy (non-hydrogen) atoms. The van der Waals surface area contributed by atoms with Crippen LogP contribution in [0.2, 0.25) is 0 Å². The van der Waals surface area contributed by atoms with Crippen LogP contribution in [-0.4, -0.2) is 37.3 Å². The van der Waals surface area contributed by atoms with Gasteiger partial charge in [-0.05, 0) is 83.7 Å². The van der Waals surface area contributed by atoms with Crippen LogP contribution in [0.25, 0.3) is 0 Å². The number of benzene rings is 1. The first-order chi connectivity index (χ1) is 16.6. The minimum absolute atomic E-state index is 0.124. The minimum atomic E-state index is -0.124. The van der Waals surface area contributed by atoms with Crippen molar-refractivity contribution in [2.24, 2.45) is 22.2 Å². The Hall–Kier alpha value is -2.20. The van der Waals surface area contributed by atoms with Gasteiger partial charge in [-0.25, -0.2) is 4.39 Å². The van der Waals surface area contributed by atoms with Gasteiger partial charge in [-0.3, -0.25) is 4.99 Å². The van der Waals surface area contributed by atoms with Gasteiger partial charge in [0.15, 0.2) is 0 Å². The summed E-state index contributed by atoms with van der Waals surface area (Å²) in [5.74, 6) is 1.24. The van der Waals surface area contributed by atoms with E-state index in [1.165, 1.54) is 11.8 Å². The number of rotatable bonds is 4. The number of halogens is 1. The van der Waals surface area contributed by atoms with Crippen molar-refractivity contribution in [3.8, 4) is 0 Å². The molecule has 1 aliphatic rings. The number of aliphatic imine (C=N–C) groups is 1. The number of hydrogen-bond donors (Lipinski definition) is 1. The molecule has 1 aromatic carbocycles. The lowest BCUT2D eigenvalue weighted by Crippen LogP contribution is -2.47. The zero-order valence-corrected chi connectivity index (χ0v) is 25.5. The molecular formula is C32H56FN3. The first-order valence-corrected chi connectivity index (χ1v) is 13.1. The lowest BCUT2D eigenvalue weighted by atomic mass is 9.80. The normalized spacial score (nSPS) is 18.9. The Balaban J connectivity index is 0. The van der Waals surface area contributed by atoms with E-state index < -0.39 is 0 Å². The fourth-order valence-corrected chi connectivity index (χ4v) is 3.87. The Labute approximate surface area is 223 Å². The lowest BCUT2D eigenvalue weighted by Gasteiger charge is -2.40. The Morgan fingerprint density at radius 3 is 2.17 bits per heavy atom. The average Bonchev–Trinajstić information content (AvgIpc) is 2.77. The van der Waals surface area contributed by atoms with Crippen LogP contribution in [0.15, 0.2) is 60.4 Å². The third-order valence-electron chi connectivity index (χ3n) is 5.89. The van der Waals surface area contributed by atoms with Crippen LogP contribution in [0.5, 0.6) is 0 Å². The standard InChI is InChI=1S/C11H22N2.C8H9F.C7H14.C6H11N/c1-8(2)11-9(3)13(5)7-6-10(11)12-4;1-6-3-4-8(9)7(2)5-6;1-5-6-7(2,3)4;1-4-5-7-6(2)3/h8-9,11H,6-7H2,1-5H3;3-5H,1-2H3;5H,1,6H2,2-4H3;4-5,7H,2H2,1,3H3/b;;;5-4-. The maximum atomic E-state index is 12.5. The molecule has 4 heteroatoms. The van der Waals surface area contributed by atoms with E-state index in [0.29, 0.717) is 23.3 Å². The molecule has 2 unspecified atom stereocenters. The molecule has 1 fully saturated rings. The quantitative estimate of drug-likeness (QED) is 0.418. The minimum Gasteiger partial charge on any atom is -0.366 e. The highest BCUT2D eigenvalue weighted by Gasteiger charge is 2.32. The van der Waals surface area contributed by atoms with Crippen LogP contribution < -0.4 is 5.32 Å². The summed E-state index contributed by atoms with van der Waals surface area (Å²) in [7, 11) is 4.15. The highest BCUT2D eigenvalue weighted by atomic mass is 19.1. The number of aryl methyl sites for hydroxylation is 2. The summed E-state index contributed by atoms with van der Waals surface area (Å²) < 4.78 is 12.5. The SMILES string of the molecule is C=C(C)N/C=C\C.C=CCC(C)(C)C.CN=C1CCN(C)C(C)C1C(C)C.Cc1ccc(F)c(C)c1. The van der Waals surface area contributed by atoms with Crippen LogP contribution in [0, 0.1) is 36.9 Å². The monoisotopic (exact) mass is 501 g/mol. The van der Waals surface area contributed by atoms with Gasteiger partial charge in [0.25, 0.3) is 0 Å². The predicted octanol–water partition coefficient (Wildman–Crippen LogP) is 8.75. The molecule has 0 aliphatic carbocycles. The largest absolute Gasteiger partial charge is 0.366 e. The molecule has 0 saturated carbocycles. The van der Waals surface area contributed by atoms with Crippen molar-refractivity contribution in [3.63, 3.8) is 0 Å². The fourth-order valence-electron chi connectivity index (χ4n) is 3.87. The highest BCUT2D eigenvalue weighted by molar-refractivity contribution is 5.88. The summed E-state index contributed by atoms with van der Waals surface area (Å²) in [5, 5.41) is 2.92. The zero-order chi connectivity index (χ0) is 28.5. The Morgan fingerprint density at radius 2 is 1.86 bits per heavy atom. The molecule has 2 atom stereocenters. The predicted molar refractivity (Wildman–Crippen MR) is 161 cm³/mol. The van der Waals surface area contributed by atoms with Gasteiger partial charge in [0.2, 0.25) is 0 Å². The van der Waals surface area contributed by atoms with Gasteiger partial charge in [0.1, 0.15) is 5.82 Å². The first-order valence-electron chi connectivity index (χ1n) is 13.1. The van der Waals surface area contributed by atoms with Gasteiger partial charge in [0.05, 0.1) is 0 Å². The molecule has 0 bridgehead atoms. The van der Waals surface area contributed by atoms with Crippen molar-refractivity contribution in [1.29, 1.82) is 0 Å². The molecule has 0 spiro atoms. The number of allylic oxidation sites excluding steroid dienone is 3. The van der Waals surface area contributed by atoms with Crippen LogP contribution in [0.4, 0.5) is 4.39 Å². The van der Waals surface area contributed by atoms with Gasteiger partial charge in [-0.15, -0.1) is 6.58 Å². The third kappa shape index (κ3) is 17.3. The molecular weight excluding hydrogens is 445 g/mol. The molecule has 1 aromatic rings. The third-order valence-corrected chi connectivity index (χ3v) is 5.89. The Kier molecular flexibility index (Phi) is 19.0. The van der Waals surface area contributed by atoms with Crippen molar-refractivity contribution in [1.82, 2.24) is 10.2 Å². The lowest BCUT2D eigenvalue weighted by molar-refractivity contribution is 0.177. The molecule has 1 N–H and O–H groups in total. The van der Waals surface area contributed by atoms with Gasteiger partial charge >= 0.3 is 0 Å². The topological polar surface area (TPSA) is 27.6 Å². The van der Waals surface area contributed by atoms with Crippen molar-refractivity contribution in [2.75, 3.05) is 20.6 Å². The Morgan fingerprint density at radius 1 is 1.28 bits per heavy atom. The van der Waals surface area contributed by atoms with Crippen LogP contribution in [0.3, 0.4) is 0 Å². The van der Waals surface area contributed by atoms with Crippen LogP contribution in [-0.2, 0) is 0 Å². The summed E-state index contributed by atoms with van der Waals surface area (Å²) in [6, 6.07) is 5.73. The second kappa shape index (κ2) is 19.0. The molecule has 2 rings (SSSR count). The van der Waals surface area contributed by atoms with E-state index in [4.69, 9.17) is 0 Å². The zero-order valence-electron chi connectivity index (χ0n) is 25.5. The fraction of sp³-hybridized carbons (Fsp3) is 0.594. The van der Waals surface area contributed by atoms with Gasteiger partial charge in [0, 0.05) is 37.0 Å². The second-order valence-corrected chi connectivity index (χ2v) is 11.2. The number of hydrogen-bond acceptors (Lipinski definition) is 3. The maximum absolute atomic E-state index is 12.5. The first kappa shape index (κ1) is 36.0. The van der Waals surface area contributed by atoms with Crippen molar-refractivity contribution in [2.45, 2.75) is 88.1 Å². The second-order valence-electron chi connectivity index (χ2n) is 11.2. The van der Waals surface area contributed by atoms with Gasteiger partial charge in [-0.1, -0.05) is 71.0 Å². The number of piperidine rings is 1. The molecule has 3 nitrogen and oxygen atoms in total. The molecule has 206 valence electrons. The van der Waals surface area contributed by atoms with E-state index in [9.17, 15) is 4.39 Å². The summed E-state index contributed by atoms with van der Waals surface area (Å²) >= 11 is 0. The van der Waals surface area contributed by atoms with Crippen LogP contribution >= 0.6 is 0 Å². The number of likely N-dealkylation sites (tertiary alicyclic amines) is 1. The molecule has 0 amide bonds. The van der Waals surface area contributed by atoms with Crippen molar-refractivity contribution >= 4 is 5.71 Å². The van der Waals surface area contributed by atoms with E-state index in [-0.39, 0.29) is 5.82 Å². The van der Waals surface area contributed by atoms with E-state index in [2.05, 4.69) is 77.0 Å². The molecule has 1 saturated heterocycles. The van der Waals surface area contributed by atoms with E-state index >= 15 is 0 Å². The highest BCUT2D eigenvalue weighted by Crippen LogP contribution is 2.26. The summed E-state index contributed by atoms with van der Waals surface area (Å²) in [5.41, 5.74) is 4.64. The molecule has 0 aromatic heterocycles. The van der Waals surface area contributed by atoms with E-state index in [1.807, 2.05) is 52.2 Å². The maximum Gasteiger partial charge on any atom is 0.126 e. The summed E-state index contributed by atoms with van der Waals surface area (Å²) in [6.07, 6.45) is 7.99.